The minimum Gasteiger partial charge on any atom is -0.495 e. The normalized spacial score (nSPS) is 11.0. The molecule has 0 saturated heterocycles. The van der Waals surface area contributed by atoms with Gasteiger partial charge in [0.25, 0.3) is 0 Å². The minimum atomic E-state index is -0.921. The molecule has 2 aromatic carbocycles. The molecule has 0 bridgehead atoms. The summed E-state index contributed by atoms with van der Waals surface area (Å²) in [5.41, 5.74) is 3.59. The fraction of sp³-hybridized carbons (Fsp3) is 0.118. The molecule has 0 spiro atoms. The number of carbonyl (C=O) groups excluding carboxylic acids is 2. The van der Waals surface area contributed by atoms with Crippen LogP contribution in [0.5, 0.6) is 5.75 Å². The van der Waals surface area contributed by atoms with E-state index in [1.54, 1.807) is 49.4 Å². The molecule has 0 aromatic heterocycles. The van der Waals surface area contributed by atoms with Crippen LogP contribution in [0.3, 0.4) is 0 Å². The van der Waals surface area contributed by atoms with Crippen molar-refractivity contribution in [2.75, 3.05) is 12.4 Å². The first-order valence-corrected chi connectivity index (χ1v) is 7.92. The lowest BCUT2D eigenvalue weighted by Gasteiger charge is -2.09. The lowest BCUT2D eigenvalue weighted by Crippen LogP contribution is -2.33. The van der Waals surface area contributed by atoms with Crippen LogP contribution in [-0.2, 0) is 9.59 Å². The standard InChI is InChI=1S/C17H15Cl2N3O3/c1-10(12-8-7-11(18)9-13(12)19)21-22-17(24)16(23)20-14-5-3-4-6-15(14)25-2/h3-9H,1-2H3,(H,20,23)(H,22,24)/b21-10+. The summed E-state index contributed by atoms with van der Waals surface area (Å²) < 4.78 is 5.11. The fourth-order valence-corrected chi connectivity index (χ4v) is 2.50. The van der Waals surface area contributed by atoms with Gasteiger partial charge in [0, 0.05) is 10.6 Å². The third kappa shape index (κ3) is 4.95. The second-order valence-electron chi connectivity index (χ2n) is 4.92. The van der Waals surface area contributed by atoms with Crippen molar-refractivity contribution in [2.45, 2.75) is 6.92 Å². The van der Waals surface area contributed by atoms with E-state index in [0.29, 0.717) is 32.8 Å². The van der Waals surface area contributed by atoms with Crippen molar-refractivity contribution in [1.82, 2.24) is 5.43 Å². The minimum absolute atomic E-state index is 0.381. The van der Waals surface area contributed by atoms with Crippen LogP contribution in [-0.4, -0.2) is 24.6 Å². The quantitative estimate of drug-likeness (QED) is 0.484. The van der Waals surface area contributed by atoms with Crippen LogP contribution in [0.2, 0.25) is 10.0 Å². The molecule has 0 unspecified atom stereocenters. The van der Waals surface area contributed by atoms with E-state index in [9.17, 15) is 9.59 Å². The number of hydrogen-bond acceptors (Lipinski definition) is 4. The average molecular weight is 380 g/mol. The lowest BCUT2D eigenvalue weighted by molar-refractivity contribution is -0.136. The van der Waals surface area contributed by atoms with Crippen molar-refractivity contribution < 1.29 is 14.3 Å². The van der Waals surface area contributed by atoms with E-state index in [4.69, 9.17) is 27.9 Å². The third-order valence-corrected chi connectivity index (χ3v) is 3.76. The number of carbonyl (C=O) groups is 2. The Morgan fingerprint density at radius 2 is 1.80 bits per heavy atom. The van der Waals surface area contributed by atoms with Gasteiger partial charge in [0.15, 0.2) is 0 Å². The molecule has 0 aliphatic heterocycles. The maximum absolute atomic E-state index is 11.9. The summed E-state index contributed by atoms with van der Waals surface area (Å²) in [5, 5.41) is 7.22. The van der Waals surface area contributed by atoms with Gasteiger partial charge in [-0.2, -0.15) is 5.10 Å². The molecule has 2 N–H and O–H groups in total. The van der Waals surface area contributed by atoms with E-state index < -0.39 is 11.8 Å². The Morgan fingerprint density at radius 3 is 2.48 bits per heavy atom. The molecule has 130 valence electrons. The zero-order chi connectivity index (χ0) is 18.4. The van der Waals surface area contributed by atoms with Crippen molar-refractivity contribution in [2.24, 2.45) is 5.10 Å². The summed E-state index contributed by atoms with van der Waals surface area (Å²) in [6.07, 6.45) is 0. The number of hydrazone groups is 1. The first-order chi connectivity index (χ1) is 11.9. The van der Waals surface area contributed by atoms with Gasteiger partial charge in [0.05, 0.1) is 23.5 Å². The highest BCUT2D eigenvalue weighted by molar-refractivity contribution is 6.40. The van der Waals surface area contributed by atoms with E-state index in [0.717, 1.165) is 0 Å². The maximum atomic E-state index is 11.9. The van der Waals surface area contributed by atoms with Crippen molar-refractivity contribution in [1.29, 1.82) is 0 Å². The van der Waals surface area contributed by atoms with Crippen LogP contribution in [0.25, 0.3) is 0 Å². The molecule has 2 aromatic rings. The number of amides is 2. The molecular formula is C17H15Cl2N3O3. The fourth-order valence-electron chi connectivity index (χ4n) is 1.96. The molecule has 0 aliphatic carbocycles. The summed E-state index contributed by atoms with van der Waals surface area (Å²) in [4.78, 5) is 23.8. The second kappa shape index (κ2) is 8.50. The zero-order valence-corrected chi connectivity index (χ0v) is 15.0. The van der Waals surface area contributed by atoms with Gasteiger partial charge in [-0.3, -0.25) is 9.59 Å². The molecule has 0 aliphatic rings. The van der Waals surface area contributed by atoms with Crippen molar-refractivity contribution in [3.63, 3.8) is 0 Å². The molecule has 2 rings (SSSR count). The summed E-state index contributed by atoms with van der Waals surface area (Å²) in [5.74, 6) is -1.35. The number of nitrogens with zero attached hydrogens (tertiary/aromatic N) is 1. The number of hydrogen-bond donors (Lipinski definition) is 2. The van der Waals surface area contributed by atoms with Crippen molar-refractivity contribution >= 4 is 46.4 Å². The molecule has 6 nitrogen and oxygen atoms in total. The van der Waals surface area contributed by atoms with Crippen molar-refractivity contribution in [3.05, 3.63) is 58.1 Å². The largest absolute Gasteiger partial charge is 0.495 e. The van der Waals surface area contributed by atoms with E-state index >= 15 is 0 Å². The third-order valence-electron chi connectivity index (χ3n) is 3.21. The summed E-state index contributed by atoms with van der Waals surface area (Å²) in [6.45, 7) is 1.65. The molecule has 0 heterocycles. The SMILES string of the molecule is COc1ccccc1NC(=O)C(=O)N/N=C(\C)c1ccc(Cl)cc1Cl. The van der Waals surface area contributed by atoms with E-state index in [1.165, 1.54) is 7.11 Å². The first-order valence-electron chi connectivity index (χ1n) is 7.16. The van der Waals surface area contributed by atoms with Gasteiger partial charge < -0.3 is 10.1 Å². The summed E-state index contributed by atoms with van der Waals surface area (Å²) in [6, 6.07) is 11.6. The molecule has 2 amide bonds. The van der Waals surface area contributed by atoms with Gasteiger partial charge >= 0.3 is 11.8 Å². The number of nitrogens with one attached hydrogen (secondary N) is 2. The number of ether oxygens (including phenoxy) is 1. The first kappa shape index (κ1) is 18.8. The topological polar surface area (TPSA) is 79.8 Å². The Bertz CT molecular complexity index is 838. The lowest BCUT2D eigenvalue weighted by atomic mass is 10.1. The number of benzene rings is 2. The Balaban J connectivity index is 2.04. The van der Waals surface area contributed by atoms with Crippen LogP contribution >= 0.6 is 23.2 Å². The van der Waals surface area contributed by atoms with E-state index in [1.807, 2.05) is 0 Å². The molecule has 25 heavy (non-hydrogen) atoms. The summed E-state index contributed by atoms with van der Waals surface area (Å²) in [7, 11) is 1.47. The zero-order valence-electron chi connectivity index (χ0n) is 13.5. The molecule has 0 radical (unpaired) electrons. The molecule has 0 atom stereocenters. The van der Waals surface area contributed by atoms with Gasteiger partial charge in [-0.05, 0) is 31.2 Å². The van der Waals surface area contributed by atoms with Gasteiger partial charge in [-0.1, -0.05) is 41.4 Å². The number of rotatable bonds is 4. The van der Waals surface area contributed by atoms with Gasteiger partial charge in [-0.25, -0.2) is 5.43 Å². The Morgan fingerprint density at radius 1 is 1.08 bits per heavy atom. The molecular weight excluding hydrogens is 365 g/mol. The Labute approximate surface area is 154 Å². The van der Waals surface area contributed by atoms with Crippen LogP contribution in [0, 0.1) is 0 Å². The number of halogens is 2. The molecule has 8 heteroatoms. The monoisotopic (exact) mass is 379 g/mol. The van der Waals surface area contributed by atoms with Crippen LogP contribution in [0.15, 0.2) is 47.6 Å². The highest BCUT2D eigenvalue weighted by Gasteiger charge is 2.15. The van der Waals surface area contributed by atoms with Crippen LogP contribution < -0.4 is 15.5 Å². The van der Waals surface area contributed by atoms with Crippen LogP contribution in [0.1, 0.15) is 12.5 Å². The van der Waals surface area contributed by atoms with E-state index in [-0.39, 0.29) is 0 Å². The number of anilines is 1. The highest BCUT2D eigenvalue weighted by atomic mass is 35.5. The smallest absolute Gasteiger partial charge is 0.329 e. The highest BCUT2D eigenvalue weighted by Crippen LogP contribution is 2.23. The Hall–Kier alpha value is -2.57. The molecule has 0 saturated carbocycles. The predicted molar refractivity (Wildman–Crippen MR) is 98.4 cm³/mol. The van der Waals surface area contributed by atoms with E-state index in [2.05, 4.69) is 15.8 Å². The van der Waals surface area contributed by atoms with Gasteiger partial charge in [0.1, 0.15) is 5.75 Å². The molecule has 0 fully saturated rings. The Kier molecular flexibility index (Phi) is 6.38. The number of methoxy groups -OCH3 is 1. The van der Waals surface area contributed by atoms with Gasteiger partial charge in [-0.15, -0.1) is 0 Å². The van der Waals surface area contributed by atoms with Crippen molar-refractivity contribution in [3.8, 4) is 5.75 Å². The van der Waals surface area contributed by atoms with Gasteiger partial charge in [0.2, 0.25) is 0 Å². The maximum Gasteiger partial charge on any atom is 0.329 e. The average Bonchev–Trinajstić information content (AvgIpc) is 2.59. The number of para-hydroxylation sites is 2. The summed E-state index contributed by atoms with van der Waals surface area (Å²) >= 11 is 11.9. The second-order valence-corrected chi connectivity index (χ2v) is 5.76. The predicted octanol–water partition coefficient (Wildman–Crippen LogP) is 3.48. The van der Waals surface area contributed by atoms with Crippen LogP contribution in [0.4, 0.5) is 5.69 Å².